The third-order valence-corrected chi connectivity index (χ3v) is 2.86. The molecule has 1 atom stereocenters. The summed E-state index contributed by atoms with van der Waals surface area (Å²) >= 11 is 3.38. The van der Waals surface area contributed by atoms with E-state index in [1.54, 1.807) is 18.5 Å². The molecule has 3 nitrogen and oxygen atoms in total. The monoisotopic (exact) mass is 278 g/mol. The van der Waals surface area contributed by atoms with Crippen molar-refractivity contribution in [2.24, 2.45) is 0 Å². The predicted molar refractivity (Wildman–Crippen MR) is 64.8 cm³/mol. The maximum atomic E-state index is 9.96. The lowest BCUT2D eigenvalue weighted by molar-refractivity contribution is 0.178. The van der Waals surface area contributed by atoms with Crippen LogP contribution in [0.5, 0.6) is 0 Å². The van der Waals surface area contributed by atoms with E-state index in [-0.39, 0.29) is 0 Å². The SMILES string of the molecule is OC(Cc1ccc(Br)cc1)c1ccnnc1. The third kappa shape index (κ3) is 2.87. The number of aromatic nitrogens is 2. The van der Waals surface area contributed by atoms with Crippen LogP contribution in [0.2, 0.25) is 0 Å². The van der Waals surface area contributed by atoms with Crippen molar-refractivity contribution >= 4 is 15.9 Å². The van der Waals surface area contributed by atoms with Gasteiger partial charge in [0.15, 0.2) is 0 Å². The fraction of sp³-hybridized carbons (Fsp3) is 0.167. The fourth-order valence-electron chi connectivity index (χ4n) is 1.46. The number of nitrogens with zero attached hydrogens (tertiary/aromatic N) is 2. The summed E-state index contributed by atoms with van der Waals surface area (Å²) in [6.45, 7) is 0. The minimum absolute atomic E-state index is 0.531. The molecule has 2 rings (SSSR count). The Bertz CT molecular complexity index is 444. The normalized spacial score (nSPS) is 12.4. The van der Waals surface area contributed by atoms with E-state index in [9.17, 15) is 5.11 Å². The van der Waals surface area contributed by atoms with Crippen LogP contribution in [0.25, 0.3) is 0 Å². The van der Waals surface area contributed by atoms with Crippen LogP contribution >= 0.6 is 15.9 Å². The molecule has 0 amide bonds. The van der Waals surface area contributed by atoms with Gasteiger partial charge in [-0.2, -0.15) is 10.2 Å². The van der Waals surface area contributed by atoms with Gasteiger partial charge in [0.05, 0.1) is 12.3 Å². The van der Waals surface area contributed by atoms with Crippen molar-refractivity contribution in [3.8, 4) is 0 Å². The van der Waals surface area contributed by atoms with Gasteiger partial charge in [-0.3, -0.25) is 0 Å². The maximum absolute atomic E-state index is 9.96. The van der Waals surface area contributed by atoms with Gasteiger partial charge in [-0.25, -0.2) is 0 Å². The second-order valence-corrected chi connectivity index (χ2v) is 4.44. The molecule has 0 saturated carbocycles. The highest BCUT2D eigenvalue weighted by molar-refractivity contribution is 9.10. The van der Waals surface area contributed by atoms with Gasteiger partial charge in [-0.1, -0.05) is 28.1 Å². The molecule has 0 radical (unpaired) electrons. The number of benzene rings is 1. The van der Waals surface area contributed by atoms with Crippen molar-refractivity contribution in [3.05, 3.63) is 58.3 Å². The number of aliphatic hydroxyl groups is 1. The van der Waals surface area contributed by atoms with Crippen LogP contribution in [-0.2, 0) is 6.42 Å². The van der Waals surface area contributed by atoms with Gasteiger partial charge in [0.25, 0.3) is 0 Å². The summed E-state index contributed by atoms with van der Waals surface area (Å²) in [7, 11) is 0. The Labute approximate surface area is 102 Å². The maximum Gasteiger partial charge on any atom is 0.0846 e. The van der Waals surface area contributed by atoms with Crippen LogP contribution in [0, 0.1) is 0 Å². The summed E-state index contributed by atoms with van der Waals surface area (Å²) in [6, 6.07) is 9.68. The highest BCUT2D eigenvalue weighted by atomic mass is 79.9. The predicted octanol–water partition coefficient (Wildman–Crippen LogP) is 2.52. The Morgan fingerprint density at radius 2 is 1.88 bits per heavy atom. The van der Waals surface area contributed by atoms with Gasteiger partial charge >= 0.3 is 0 Å². The van der Waals surface area contributed by atoms with Crippen molar-refractivity contribution in [1.29, 1.82) is 0 Å². The Hall–Kier alpha value is -1.26. The molecule has 0 fully saturated rings. The van der Waals surface area contributed by atoms with E-state index in [1.807, 2.05) is 24.3 Å². The lowest BCUT2D eigenvalue weighted by atomic mass is 10.0. The molecular weight excluding hydrogens is 268 g/mol. The molecule has 0 aliphatic heterocycles. The van der Waals surface area contributed by atoms with Gasteiger partial charge in [0.2, 0.25) is 0 Å². The molecule has 1 N–H and O–H groups in total. The molecule has 82 valence electrons. The van der Waals surface area contributed by atoms with Gasteiger partial charge in [0, 0.05) is 22.7 Å². The van der Waals surface area contributed by atoms with E-state index in [0.29, 0.717) is 6.42 Å². The van der Waals surface area contributed by atoms with Crippen molar-refractivity contribution in [2.75, 3.05) is 0 Å². The Balaban J connectivity index is 2.08. The first-order valence-electron chi connectivity index (χ1n) is 4.95. The number of halogens is 1. The van der Waals surface area contributed by atoms with Gasteiger partial charge in [-0.15, -0.1) is 0 Å². The third-order valence-electron chi connectivity index (χ3n) is 2.33. The summed E-state index contributed by atoms with van der Waals surface area (Å²) in [5.41, 5.74) is 1.88. The number of hydrogen-bond acceptors (Lipinski definition) is 3. The van der Waals surface area contributed by atoms with E-state index in [1.165, 1.54) is 0 Å². The van der Waals surface area contributed by atoms with Crippen molar-refractivity contribution in [3.63, 3.8) is 0 Å². The van der Waals surface area contributed by atoms with Crippen LogP contribution in [-0.4, -0.2) is 15.3 Å². The smallest absolute Gasteiger partial charge is 0.0846 e. The minimum atomic E-state index is -0.531. The summed E-state index contributed by atoms with van der Waals surface area (Å²) in [5.74, 6) is 0. The molecule has 1 unspecified atom stereocenters. The van der Waals surface area contributed by atoms with E-state index in [0.717, 1.165) is 15.6 Å². The molecule has 1 heterocycles. The van der Waals surface area contributed by atoms with Crippen LogP contribution < -0.4 is 0 Å². The molecule has 4 heteroatoms. The van der Waals surface area contributed by atoms with Crippen LogP contribution in [0.1, 0.15) is 17.2 Å². The molecule has 1 aromatic carbocycles. The quantitative estimate of drug-likeness (QED) is 0.939. The number of aliphatic hydroxyl groups excluding tert-OH is 1. The summed E-state index contributed by atoms with van der Waals surface area (Å²) in [5, 5.41) is 17.4. The number of hydrogen-bond donors (Lipinski definition) is 1. The van der Waals surface area contributed by atoms with E-state index < -0.39 is 6.10 Å². The standard InChI is InChI=1S/C12H11BrN2O/c13-11-3-1-9(2-4-11)7-12(16)10-5-6-14-15-8-10/h1-6,8,12,16H,7H2. The van der Waals surface area contributed by atoms with Crippen molar-refractivity contribution in [2.45, 2.75) is 12.5 Å². The van der Waals surface area contributed by atoms with Crippen LogP contribution in [0.15, 0.2) is 47.2 Å². The molecular formula is C12H11BrN2O. The second-order valence-electron chi connectivity index (χ2n) is 3.52. The highest BCUT2D eigenvalue weighted by Crippen LogP contribution is 2.18. The van der Waals surface area contributed by atoms with Gasteiger partial charge < -0.3 is 5.11 Å². The summed E-state index contributed by atoms with van der Waals surface area (Å²) in [6.07, 6.45) is 3.22. The fourth-order valence-corrected chi connectivity index (χ4v) is 1.72. The summed E-state index contributed by atoms with van der Waals surface area (Å²) < 4.78 is 1.04. The lowest BCUT2D eigenvalue weighted by Crippen LogP contribution is -2.02. The van der Waals surface area contributed by atoms with Crippen molar-refractivity contribution < 1.29 is 5.11 Å². The average Bonchev–Trinajstić information content (AvgIpc) is 2.33. The van der Waals surface area contributed by atoms with E-state index >= 15 is 0 Å². The molecule has 0 aliphatic carbocycles. The molecule has 0 bridgehead atoms. The number of rotatable bonds is 3. The molecule has 16 heavy (non-hydrogen) atoms. The zero-order valence-corrected chi connectivity index (χ0v) is 10.1. The zero-order valence-electron chi connectivity index (χ0n) is 8.55. The van der Waals surface area contributed by atoms with Crippen LogP contribution in [0.4, 0.5) is 0 Å². The van der Waals surface area contributed by atoms with E-state index in [4.69, 9.17) is 0 Å². The molecule has 0 spiro atoms. The van der Waals surface area contributed by atoms with E-state index in [2.05, 4.69) is 26.1 Å². The first kappa shape index (κ1) is 11.2. The first-order chi connectivity index (χ1) is 7.75. The summed E-state index contributed by atoms with van der Waals surface area (Å²) in [4.78, 5) is 0. The zero-order chi connectivity index (χ0) is 11.4. The average molecular weight is 279 g/mol. The topological polar surface area (TPSA) is 46.0 Å². The van der Waals surface area contributed by atoms with Gasteiger partial charge in [0.1, 0.15) is 0 Å². The Morgan fingerprint density at radius 3 is 2.50 bits per heavy atom. The second kappa shape index (κ2) is 5.18. The Morgan fingerprint density at radius 1 is 1.12 bits per heavy atom. The van der Waals surface area contributed by atoms with Crippen molar-refractivity contribution in [1.82, 2.24) is 10.2 Å². The molecule has 1 aromatic heterocycles. The Kier molecular flexibility index (Phi) is 3.64. The lowest BCUT2D eigenvalue weighted by Gasteiger charge is -2.09. The molecule has 0 aliphatic rings. The first-order valence-corrected chi connectivity index (χ1v) is 5.74. The largest absolute Gasteiger partial charge is 0.388 e. The van der Waals surface area contributed by atoms with Crippen LogP contribution in [0.3, 0.4) is 0 Å². The molecule has 2 aromatic rings. The molecule has 0 saturated heterocycles. The minimum Gasteiger partial charge on any atom is -0.388 e. The highest BCUT2D eigenvalue weighted by Gasteiger charge is 2.08. The van der Waals surface area contributed by atoms with Gasteiger partial charge in [-0.05, 0) is 23.8 Å².